The van der Waals surface area contributed by atoms with Crippen LogP contribution in [-0.2, 0) is 6.42 Å². The number of ether oxygens (including phenoxy) is 1. The van der Waals surface area contributed by atoms with Gasteiger partial charge in [-0.05, 0) is 141 Å². The number of fused-ring (bicyclic) bond motifs is 1. The molecule has 0 saturated heterocycles. The summed E-state index contributed by atoms with van der Waals surface area (Å²) in [6.45, 7) is 15.1. The molecule has 0 radical (unpaired) electrons. The van der Waals surface area contributed by atoms with Crippen molar-refractivity contribution in [1.29, 1.82) is 0 Å². The smallest absolute Gasteiger partial charge is 0.126 e. The molecule has 1 heterocycles. The van der Waals surface area contributed by atoms with Crippen molar-refractivity contribution in [3.8, 4) is 23.0 Å². The highest BCUT2D eigenvalue weighted by molar-refractivity contribution is 5.53. The first-order chi connectivity index (χ1) is 17.9. The lowest BCUT2D eigenvalue weighted by Gasteiger charge is -2.37. The van der Waals surface area contributed by atoms with Gasteiger partial charge in [0.1, 0.15) is 28.6 Å². The van der Waals surface area contributed by atoms with Crippen molar-refractivity contribution in [2.45, 2.75) is 105 Å². The normalized spacial score (nSPS) is 17.1. The Morgan fingerprint density at radius 2 is 1.37 bits per heavy atom. The second-order valence-electron chi connectivity index (χ2n) is 11.2. The molecule has 208 valence electrons. The van der Waals surface area contributed by atoms with Gasteiger partial charge in [0, 0.05) is 5.56 Å². The molecule has 3 N–H and O–H groups in total. The van der Waals surface area contributed by atoms with Crippen LogP contribution in [-0.4, -0.2) is 20.9 Å². The van der Waals surface area contributed by atoms with Gasteiger partial charge in [0.05, 0.1) is 0 Å². The molecule has 0 aromatic heterocycles. The Balaban J connectivity index is 0.000000538. The fourth-order valence-corrected chi connectivity index (χ4v) is 4.66. The summed E-state index contributed by atoms with van der Waals surface area (Å²) in [5, 5.41) is 27.4. The molecule has 3 rings (SSSR count). The molecule has 0 bridgehead atoms. The molecule has 0 amide bonds. The number of allylic oxidation sites excluding steroid dienone is 6. The summed E-state index contributed by atoms with van der Waals surface area (Å²) in [6, 6.07) is 7.54. The third-order valence-electron chi connectivity index (χ3n) is 7.21. The van der Waals surface area contributed by atoms with E-state index in [2.05, 4.69) is 52.8 Å². The lowest BCUT2D eigenvalue weighted by molar-refractivity contribution is 0.0559. The second kappa shape index (κ2) is 14.7. The summed E-state index contributed by atoms with van der Waals surface area (Å²) >= 11 is 0. The van der Waals surface area contributed by atoms with Crippen LogP contribution >= 0.6 is 0 Å². The lowest BCUT2D eigenvalue weighted by atomic mass is 9.86. The van der Waals surface area contributed by atoms with Crippen LogP contribution in [0.15, 0.2) is 65.3 Å². The molecule has 0 unspecified atom stereocenters. The predicted octanol–water partition coefficient (Wildman–Crippen LogP) is 9.39. The number of hydrogen-bond acceptors (Lipinski definition) is 4. The maximum absolute atomic E-state index is 10.1. The van der Waals surface area contributed by atoms with Crippen LogP contribution < -0.4 is 4.74 Å². The first-order valence-electron chi connectivity index (χ1n) is 13.8. The van der Waals surface area contributed by atoms with Gasteiger partial charge in [-0.25, -0.2) is 0 Å². The van der Waals surface area contributed by atoms with Crippen LogP contribution in [0.25, 0.3) is 0 Å². The van der Waals surface area contributed by atoms with Gasteiger partial charge in [0.2, 0.25) is 0 Å². The van der Waals surface area contributed by atoms with E-state index >= 15 is 0 Å². The number of benzene rings is 2. The Kier molecular flexibility index (Phi) is 12.0. The standard InChI is InChI=1S/C28H42O2.C6H6O2/c1-20(2)11-8-12-21(3)13-9-14-22(4)15-10-17-28(7)18-16-25-24(6)26(29)19-23(5)27(25)30-28;7-5-1-2-6(8)4-3-5/h11,13,15,19,29H,8-10,12,14,16-18H2,1-7H3;1-4,7-8H/b21-13+,22-15+;/t28-;/m1./s1. The lowest BCUT2D eigenvalue weighted by Crippen LogP contribution is -2.36. The molecule has 2 aromatic carbocycles. The number of rotatable bonds is 9. The van der Waals surface area contributed by atoms with Crippen LogP contribution in [0.3, 0.4) is 0 Å². The topological polar surface area (TPSA) is 69.9 Å². The van der Waals surface area contributed by atoms with Crippen LogP contribution in [0.4, 0.5) is 0 Å². The highest BCUT2D eigenvalue weighted by Crippen LogP contribution is 2.42. The Morgan fingerprint density at radius 3 is 1.92 bits per heavy atom. The van der Waals surface area contributed by atoms with Crippen molar-refractivity contribution < 1.29 is 20.1 Å². The first kappa shape index (κ1) is 31.1. The van der Waals surface area contributed by atoms with Crippen molar-refractivity contribution in [3.63, 3.8) is 0 Å². The van der Waals surface area contributed by atoms with E-state index in [9.17, 15) is 5.11 Å². The van der Waals surface area contributed by atoms with E-state index in [-0.39, 0.29) is 17.1 Å². The Hall–Kier alpha value is -3.14. The fraction of sp³-hybridized carbons (Fsp3) is 0.471. The summed E-state index contributed by atoms with van der Waals surface area (Å²) < 4.78 is 6.48. The molecule has 4 nitrogen and oxygen atoms in total. The minimum Gasteiger partial charge on any atom is -0.508 e. The Labute approximate surface area is 230 Å². The highest BCUT2D eigenvalue weighted by Gasteiger charge is 2.33. The minimum atomic E-state index is -0.126. The van der Waals surface area contributed by atoms with E-state index in [1.807, 2.05) is 19.9 Å². The van der Waals surface area contributed by atoms with Gasteiger partial charge < -0.3 is 20.1 Å². The number of phenols is 3. The van der Waals surface area contributed by atoms with Gasteiger partial charge >= 0.3 is 0 Å². The number of hydrogen-bond donors (Lipinski definition) is 3. The van der Waals surface area contributed by atoms with E-state index in [0.717, 1.165) is 61.8 Å². The third-order valence-corrected chi connectivity index (χ3v) is 7.21. The molecule has 1 aliphatic heterocycles. The van der Waals surface area contributed by atoms with Crippen molar-refractivity contribution in [2.75, 3.05) is 0 Å². The SMILES string of the molecule is CC(C)=CCC/C(C)=C/CC/C(C)=C/CC[C@]1(C)CCc2c(C)c(O)cc(C)c2O1.Oc1ccc(O)cc1. The first-order valence-corrected chi connectivity index (χ1v) is 13.8. The molecule has 1 atom stereocenters. The largest absolute Gasteiger partial charge is 0.508 e. The van der Waals surface area contributed by atoms with Gasteiger partial charge in [0.15, 0.2) is 0 Å². The molecule has 0 aliphatic carbocycles. The summed E-state index contributed by atoms with van der Waals surface area (Å²) in [7, 11) is 0. The van der Waals surface area contributed by atoms with Gasteiger partial charge in [-0.1, -0.05) is 34.9 Å². The van der Waals surface area contributed by atoms with Crippen molar-refractivity contribution in [1.82, 2.24) is 0 Å². The van der Waals surface area contributed by atoms with Crippen LogP contribution in [0.5, 0.6) is 23.0 Å². The number of aryl methyl sites for hydroxylation is 1. The quantitative estimate of drug-likeness (QED) is 0.227. The number of phenolic OH excluding ortho intramolecular Hbond substituents is 3. The molecular weight excluding hydrogens is 472 g/mol. The molecule has 0 fully saturated rings. The highest BCUT2D eigenvalue weighted by atomic mass is 16.5. The Bertz CT molecular complexity index is 1110. The van der Waals surface area contributed by atoms with Gasteiger partial charge in [-0.2, -0.15) is 0 Å². The predicted molar refractivity (Wildman–Crippen MR) is 159 cm³/mol. The maximum Gasteiger partial charge on any atom is 0.126 e. The van der Waals surface area contributed by atoms with E-state index in [0.29, 0.717) is 5.75 Å². The van der Waals surface area contributed by atoms with E-state index in [1.165, 1.54) is 53.0 Å². The van der Waals surface area contributed by atoms with E-state index in [1.54, 1.807) is 0 Å². The van der Waals surface area contributed by atoms with Gasteiger partial charge in [0.25, 0.3) is 0 Å². The van der Waals surface area contributed by atoms with Crippen LogP contribution in [0.1, 0.15) is 96.3 Å². The minimum absolute atomic E-state index is 0.126. The molecule has 38 heavy (non-hydrogen) atoms. The molecule has 1 aliphatic rings. The summed E-state index contributed by atoms with van der Waals surface area (Å²) in [4.78, 5) is 0. The molecule has 0 saturated carbocycles. The molecule has 4 heteroatoms. The second-order valence-corrected chi connectivity index (χ2v) is 11.2. The van der Waals surface area contributed by atoms with Crippen molar-refractivity contribution in [2.24, 2.45) is 0 Å². The Morgan fingerprint density at radius 1 is 0.842 bits per heavy atom. The average Bonchev–Trinajstić information content (AvgIpc) is 2.84. The van der Waals surface area contributed by atoms with Crippen LogP contribution in [0.2, 0.25) is 0 Å². The van der Waals surface area contributed by atoms with Gasteiger partial charge in [-0.3, -0.25) is 0 Å². The van der Waals surface area contributed by atoms with Crippen LogP contribution in [0, 0.1) is 13.8 Å². The van der Waals surface area contributed by atoms with Crippen molar-refractivity contribution >= 4 is 0 Å². The fourth-order valence-electron chi connectivity index (χ4n) is 4.66. The molecular formula is C34H48O4. The van der Waals surface area contributed by atoms with E-state index in [4.69, 9.17) is 14.9 Å². The third kappa shape index (κ3) is 10.3. The number of aromatic hydroxyl groups is 3. The zero-order valence-corrected chi connectivity index (χ0v) is 24.5. The van der Waals surface area contributed by atoms with Gasteiger partial charge in [-0.15, -0.1) is 0 Å². The summed E-state index contributed by atoms with van der Waals surface area (Å²) in [5.41, 5.74) is 7.45. The monoisotopic (exact) mass is 520 g/mol. The zero-order valence-electron chi connectivity index (χ0n) is 24.5. The zero-order chi connectivity index (χ0) is 28.3. The maximum atomic E-state index is 10.1. The van der Waals surface area contributed by atoms with Crippen molar-refractivity contribution in [3.05, 3.63) is 82.0 Å². The average molecular weight is 521 g/mol. The van der Waals surface area contributed by atoms with E-state index < -0.39 is 0 Å². The summed E-state index contributed by atoms with van der Waals surface area (Å²) in [5.74, 6) is 1.72. The summed E-state index contributed by atoms with van der Waals surface area (Å²) in [6.07, 6.45) is 15.8. The molecule has 0 spiro atoms. The molecule has 2 aromatic rings.